The highest BCUT2D eigenvalue weighted by atomic mass is 35.5. The molecule has 0 aromatic rings. The summed E-state index contributed by atoms with van der Waals surface area (Å²) in [5.74, 6) is -0.663. The Morgan fingerprint density at radius 3 is 2.17 bits per heavy atom. The molecule has 0 spiro atoms. The van der Waals surface area contributed by atoms with Crippen molar-refractivity contribution in [2.24, 2.45) is 5.92 Å². The van der Waals surface area contributed by atoms with Gasteiger partial charge in [-0.2, -0.15) is 0 Å². The molecule has 4 heteroatoms. The van der Waals surface area contributed by atoms with E-state index in [4.69, 9.17) is 27.9 Å². The molecular weight excluding hydrogens is 199 g/mol. The van der Waals surface area contributed by atoms with Gasteiger partial charge in [0.2, 0.25) is 4.33 Å². The van der Waals surface area contributed by atoms with E-state index < -0.39 is 15.9 Å². The predicted molar refractivity (Wildman–Crippen MR) is 48.4 cm³/mol. The van der Waals surface area contributed by atoms with Gasteiger partial charge in [0, 0.05) is 5.92 Å². The van der Waals surface area contributed by atoms with E-state index in [1.54, 1.807) is 0 Å². The van der Waals surface area contributed by atoms with Crippen molar-refractivity contribution in [2.45, 2.75) is 37.1 Å². The van der Waals surface area contributed by atoms with Gasteiger partial charge in [-0.05, 0) is 20.3 Å². The van der Waals surface area contributed by atoms with Crippen LogP contribution in [0.15, 0.2) is 0 Å². The number of rotatable bonds is 1. The fourth-order valence-electron chi connectivity index (χ4n) is 1.70. The summed E-state index contributed by atoms with van der Waals surface area (Å²) < 4.78 is 3.70. The molecule has 0 N–H and O–H groups in total. The number of esters is 1. The van der Waals surface area contributed by atoms with Crippen LogP contribution in [0.2, 0.25) is 0 Å². The van der Waals surface area contributed by atoms with Crippen LogP contribution in [0.5, 0.6) is 0 Å². The second-order valence-electron chi connectivity index (χ2n) is 3.58. The van der Waals surface area contributed by atoms with Gasteiger partial charge < -0.3 is 4.74 Å². The molecule has 70 valence electrons. The minimum absolute atomic E-state index is 0.138. The summed E-state index contributed by atoms with van der Waals surface area (Å²) in [5.41, 5.74) is -0.546. The zero-order valence-corrected chi connectivity index (χ0v) is 8.87. The molecule has 12 heavy (non-hydrogen) atoms. The maximum absolute atomic E-state index is 11.2. The monoisotopic (exact) mass is 210 g/mol. The number of carbonyl (C=O) groups is 1. The summed E-state index contributed by atoms with van der Waals surface area (Å²) in [6, 6.07) is 0. The van der Waals surface area contributed by atoms with Crippen molar-refractivity contribution in [1.82, 2.24) is 0 Å². The van der Waals surface area contributed by atoms with Crippen molar-refractivity contribution in [3.05, 3.63) is 0 Å². The van der Waals surface area contributed by atoms with Gasteiger partial charge >= 0.3 is 5.97 Å². The standard InChI is InChI=1S/C8H12Cl2O2/c1-4-5-7(2,3)12-6(11)8(5,9)10/h5H,4H2,1-3H3. The van der Waals surface area contributed by atoms with Crippen LogP contribution in [0.3, 0.4) is 0 Å². The third-order valence-corrected chi connectivity index (χ3v) is 3.15. The summed E-state index contributed by atoms with van der Waals surface area (Å²) in [6.07, 6.45) is 0.728. The number of ether oxygens (including phenoxy) is 1. The van der Waals surface area contributed by atoms with Gasteiger partial charge in [-0.1, -0.05) is 30.1 Å². The first-order valence-electron chi connectivity index (χ1n) is 3.93. The SMILES string of the molecule is CCC1C(C)(C)OC(=O)C1(Cl)Cl. The molecule has 1 aliphatic rings. The van der Waals surface area contributed by atoms with E-state index in [-0.39, 0.29) is 5.92 Å². The van der Waals surface area contributed by atoms with Gasteiger partial charge in [0.15, 0.2) is 0 Å². The molecule has 1 aliphatic heterocycles. The first-order chi connectivity index (χ1) is 5.32. The molecule has 2 nitrogen and oxygen atoms in total. The molecule has 0 amide bonds. The summed E-state index contributed by atoms with van der Waals surface area (Å²) in [7, 11) is 0. The summed E-state index contributed by atoms with van der Waals surface area (Å²) in [5, 5.41) is 0. The average Bonchev–Trinajstić information content (AvgIpc) is 1.99. The largest absolute Gasteiger partial charge is 0.457 e. The number of hydrogen-bond donors (Lipinski definition) is 0. The lowest BCUT2D eigenvalue weighted by atomic mass is 9.88. The molecule has 1 rings (SSSR count). The maximum Gasteiger partial charge on any atom is 0.343 e. The Labute approximate surface area is 82.2 Å². The topological polar surface area (TPSA) is 26.3 Å². The quantitative estimate of drug-likeness (QED) is 0.492. The number of cyclic esters (lactones) is 1. The van der Waals surface area contributed by atoms with Crippen LogP contribution in [0, 0.1) is 5.92 Å². The van der Waals surface area contributed by atoms with Gasteiger partial charge in [0.05, 0.1) is 0 Å². The van der Waals surface area contributed by atoms with Crippen molar-refractivity contribution in [3.63, 3.8) is 0 Å². The number of carbonyl (C=O) groups excluding carboxylic acids is 1. The fourth-order valence-corrected chi connectivity index (χ4v) is 2.62. The van der Waals surface area contributed by atoms with Gasteiger partial charge in [0.25, 0.3) is 0 Å². The number of alkyl halides is 2. The first-order valence-corrected chi connectivity index (χ1v) is 4.69. The fraction of sp³-hybridized carbons (Fsp3) is 0.875. The average molecular weight is 211 g/mol. The zero-order chi connectivity index (χ0) is 9.57. The van der Waals surface area contributed by atoms with E-state index in [2.05, 4.69) is 0 Å². The molecule has 0 saturated carbocycles. The van der Waals surface area contributed by atoms with Crippen molar-refractivity contribution < 1.29 is 9.53 Å². The summed E-state index contributed by atoms with van der Waals surface area (Å²) in [6.45, 7) is 5.59. The predicted octanol–water partition coefficient (Wildman–Crippen LogP) is 2.52. The first kappa shape index (κ1) is 10.1. The van der Waals surface area contributed by atoms with Crippen LogP contribution in [0.4, 0.5) is 0 Å². The third kappa shape index (κ3) is 1.31. The van der Waals surface area contributed by atoms with Gasteiger partial charge in [-0.3, -0.25) is 0 Å². The van der Waals surface area contributed by atoms with E-state index in [1.807, 2.05) is 20.8 Å². The summed E-state index contributed by atoms with van der Waals surface area (Å²) in [4.78, 5) is 11.2. The highest BCUT2D eigenvalue weighted by Gasteiger charge is 2.58. The molecule has 1 unspecified atom stereocenters. The Kier molecular flexibility index (Phi) is 2.34. The molecule has 0 aliphatic carbocycles. The molecule has 0 bridgehead atoms. The second kappa shape index (κ2) is 2.78. The lowest BCUT2D eigenvalue weighted by Crippen LogP contribution is -2.34. The van der Waals surface area contributed by atoms with Crippen LogP contribution in [0.1, 0.15) is 27.2 Å². The number of halogens is 2. The maximum atomic E-state index is 11.2. The molecule has 0 aromatic carbocycles. The zero-order valence-electron chi connectivity index (χ0n) is 7.36. The van der Waals surface area contributed by atoms with Gasteiger partial charge in [-0.25, -0.2) is 4.79 Å². The van der Waals surface area contributed by atoms with Crippen LogP contribution in [0.25, 0.3) is 0 Å². The minimum atomic E-state index is -1.36. The molecule has 1 heterocycles. The Bertz CT molecular complexity index is 211. The van der Waals surface area contributed by atoms with Crippen molar-refractivity contribution >= 4 is 29.2 Å². The molecule has 1 atom stereocenters. The Hall–Kier alpha value is 0.0500. The van der Waals surface area contributed by atoms with E-state index in [1.165, 1.54) is 0 Å². The van der Waals surface area contributed by atoms with Crippen molar-refractivity contribution in [2.75, 3.05) is 0 Å². The second-order valence-corrected chi connectivity index (χ2v) is 4.96. The van der Waals surface area contributed by atoms with Gasteiger partial charge in [0.1, 0.15) is 5.60 Å². The number of hydrogen-bond acceptors (Lipinski definition) is 2. The highest BCUT2D eigenvalue weighted by molar-refractivity contribution is 6.58. The van der Waals surface area contributed by atoms with Crippen molar-refractivity contribution in [1.29, 1.82) is 0 Å². The third-order valence-electron chi connectivity index (χ3n) is 2.31. The Morgan fingerprint density at radius 1 is 1.50 bits per heavy atom. The van der Waals surface area contributed by atoms with E-state index in [0.717, 1.165) is 6.42 Å². The molecule has 1 saturated heterocycles. The van der Waals surface area contributed by atoms with Crippen molar-refractivity contribution in [3.8, 4) is 0 Å². The lowest BCUT2D eigenvalue weighted by molar-refractivity contribution is -0.147. The van der Waals surface area contributed by atoms with Crippen LogP contribution in [-0.2, 0) is 9.53 Å². The Balaban J connectivity index is 3.00. The van der Waals surface area contributed by atoms with E-state index in [9.17, 15) is 4.79 Å². The Morgan fingerprint density at radius 2 is 2.00 bits per heavy atom. The summed E-state index contributed by atoms with van der Waals surface area (Å²) >= 11 is 11.7. The lowest BCUT2D eigenvalue weighted by Gasteiger charge is -2.26. The van der Waals surface area contributed by atoms with Crippen LogP contribution >= 0.6 is 23.2 Å². The normalized spacial score (nSPS) is 31.8. The molecular formula is C8H12Cl2O2. The van der Waals surface area contributed by atoms with Crippen LogP contribution < -0.4 is 0 Å². The smallest absolute Gasteiger partial charge is 0.343 e. The van der Waals surface area contributed by atoms with E-state index >= 15 is 0 Å². The van der Waals surface area contributed by atoms with Crippen LogP contribution in [-0.4, -0.2) is 15.9 Å². The minimum Gasteiger partial charge on any atom is -0.457 e. The molecule has 0 aromatic heterocycles. The van der Waals surface area contributed by atoms with E-state index in [0.29, 0.717) is 0 Å². The molecule has 0 radical (unpaired) electrons. The van der Waals surface area contributed by atoms with Gasteiger partial charge in [-0.15, -0.1) is 0 Å². The highest BCUT2D eigenvalue weighted by Crippen LogP contribution is 2.48. The molecule has 1 fully saturated rings.